The van der Waals surface area contributed by atoms with E-state index in [-0.39, 0.29) is 17.7 Å². The Labute approximate surface area is 210 Å². The molecule has 1 N–H and O–H groups in total. The Balaban J connectivity index is 1.78. The molecule has 1 atom stereocenters. The number of benzene rings is 2. The quantitative estimate of drug-likeness (QED) is 0.408. The summed E-state index contributed by atoms with van der Waals surface area (Å²) in [4.78, 5) is 35.4. The summed E-state index contributed by atoms with van der Waals surface area (Å²) >= 11 is 1.28. The van der Waals surface area contributed by atoms with Crippen molar-refractivity contribution in [2.45, 2.75) is 19.9 Å². The number of H-pyrrole nitrogens is 1. The van der Waals surface area contributed by atoms with Crippen molar-refractivity contribution < 1.29 is 19.0 Å². The molecule has 0 radical (unpaired) electrons. The normalized spacial score (nSPS) is 15.6. The number of nitrogens with one attached hydrogen (secondary N) is 1. The number of rotatable bonds is 6. The lowest BCUT2D eigenvalue weighted by Crippen LogP contribution is -2.40. The van der Waals surface area contributed by atoms with Crippen LogP contribution in [0.2, 0.25) is 0 Å². The fourth-order valence-electron chi connectivity index (χ4n) is 4.49. The molecule has 2 aromatic heterocycles. The van der Waals surface area contributed by atoms with Gasteiger partial charge < -0.3 is 19.2 Å². The number of aromatic amines is 1. The lowest BCUT2D eigenvalue weighted by Gasteiger charge is -2.26. The van der Waals surface area contributed by atoms with Gasteiger partial charge in [0.15, 0.2) is 4.80 Å². The van der Waals surface area contributed by atoms with E-state index < -0.39 is 12.0 Å². The first kappa shape index (κ1) is 23.6. The molecular formula is C27H25N3O5S. The number of esters is 1. The molecule has 0 bridgehead atoms. The average Bonchev–Trinajstić information content (AvgIpc) is 3.43. The number of nitrogens with zero attached hydrogens (tertiary/aromatic N) is 2. The van der Waals surface area contributed by atoms with Gasteiger partial charge in [0.1, 0.15) is 17.5 Å². The van der Waals surface area contributed by atoms with Crippen molar-refractivity contribution in [2.24, 2.45) is 4.99 Å². The molecule has 5 rings (SSSR count). The van der Waals surface area contributed by atoms with Gasteiger partial charge in [0, 0.05) is 28.2 Å². The monoisotopic (exact) mass is 503 g/mol. The van der Waals surface area contributed by atoms with Crippen LogP contribution in [0.3, 0.4) is 0 Å². The number of fused-ring (bicyclic) bond motifs is 2. The topological polar surface area (TPSA) is 94.9 Å². The summed E-state index contributed by atoms with van der Waals surface area (Å²) < 4.78 is 18.5. The summed E-state index contributed by atoms with van der Waals surface area (Å²) in [6.45, 7) is 3.69. The van der Waals surface area contributed by atoms with E-state index in [9.17, 15) is 9.59 Å². The smallest absolute Gasteiger partial charge is 0.338 e. The van der Waals surface area contributed by atoms with E-state index >= 15 is 0 Å². The van der Waals surface area contributed by atoms with Crippen LogP contribution in [0.1, 0.15) is 31.0 Å². The number of allylic oxidation sites excluding steroid dienone is 1. The molecule has 2 aromatic carbocycles. The van der Waals surface area contributed by atoms with Crippen LogP contribution in [0.15, 0.2) is 69.7 Å². The maximum atomic E-state index is 13.9. The van der Waals surface area contributed by atoms with E-state index in [2.05, 4.69) is 9.98 Å². The van der Waals surface area contributed by atoms with Gasteiger partial charge in [-0.15, -0.1) is 0 Å². The van der Waals surface area contributed by atoms with Gasteiger partial charge in [-0.25, -0.2) is 9.79 Å². The van der Waals surface area contributed by atoms with E-state index in [1.54, 1.807) is 50.8 Å². The molecule has 36 heavy (non-hydrogen) atoms. The second-order valence-electron chi connectivity index (χ2n) is 8.20. The molecule has 0 aliphatic carbocycles. The predicted octanol–water partition coefficient (Wildman–Crippen LogP) is 3.30. The van der Waals surface area contributed by atoms with Gasteiger partial charge in [-0.2, -0.15) is 0 Å². The Hall–Kier alpha value is -4.11. The minimum absolute atomic E-state index is 0.197. The Morgan fingerprint density at radius 3 is 2.75 bits per heavy atom. The third-order valence-corrected chi connectivity index (χ3v) is 7.14. The van der Waals surface area contributed by atoms with Gasteiger partial charge in [-0.05, 0) is 44.2 Å². The van der Waals surface area contributed by atoms with Crippen molar-refractivity contribution in [3.8, 4) is 11.5 Å². The van der Waals surface area contributed by atoms with Crippen LogP contribution in [-0.2, 0) is 9.53 Å². The molecule has 0 unspecified atom stereocenters. The number of carbonyl (C=O) groups excluding carboxylic acids is 1. The van der Waals surface area contributed by atoms with Gasteiger partial charge in [0.2, 0.25) is 0 Å². The molecule has 4 aromatic rings. The minimum atomic E-state index is -0.796. The summed E-state index contributed by atoms with van der Waals surface area (Å²) in [5.74, 6) is 0.563. The summed E-state index contributed by atoms with van der Waals surface area (Å²) in [7, 11) is 3.11. The van der Waals surface area contributed by atoms with Crippen molar-refractivity contribution >= 4 is 34.3 Å². The largest absolute Gasteiger partial charge is 0.497 e. The molecule has 0 spiro atoms. The second-order valence-corrected chi connectivity index (χ2v) is 9.21. The number of carbonyl (C=O) groups is 1. The summed E-state index contributed by atoms with van der Waals surface area (Å²) in [6.07, 6.45) is 3.73. The molecule has 184 valence electrons. The van der Waals surface area contributed by atoms with E-state index in [1.807, 2.05) is 36.5 Å². The Morgan fingerprint density at radius 1 is 1.19 bits per heavy atom. The number of ether oxygens (including phenoxy) is 3. The van der Waals surface area contributed by atoms with Crippen LogP contribution in [0.4, 0.5) is 0 Å². The fourth-order valence-corrected chi connectivity index (χ4v) is 5.53. The third kappa shape index (κ3) is 3.91. The highest BCUT2D eigenvalue weighted by Crippen LogP contribution is 2.37. The van der Waals surface area contributed by atoms with Crippen molar-refractivity contribution in [1.82, 2.24) is 9.55 Å². The highest BCUT2D eigenvalue weighted by molar-refractivity contribution is 7.07. The summed E-state index contributed by atoms with van der Waals surface area (Å²) in [5, 5.41) is 1.01. The van der Waals surface area contributed by atoms with Crippen molar-refractivity contribution in [1.29, 1.82) is 0 Å². The zero-order chi connectivity index (χ0) is 25.4. The number of aromatic nitrogens is 2. The molecule has 3 heterocycles. The van der Waals surface area contributed by atoms with Crippen LogP contribution in [0.25, 0.3) is 17.0 Å². The third-order valence-electron chi connectivity index (χ3n) is 6.16. The van der Waals surface area contributed by atoms with Gasteiger partial charge in [0.25, 0.3) is 5.56 Å². The van der Waals surface area contributed by atoms with Crippen molar-refractivity contribution in [3.05, 3.63) is 90.7 Å². The van der Waals surface area contributed by atoms with E-state index in [1.165, 1.54) is 11.3 Å². The highest BCUT2D eigenvalue weighted by Gasteiger charge is 2.35. The summed E-state index contributed by atoms with van der Waals surface area (Å²) in [6, 6.07) is 12.4. The molecule has 8 nitrogen and oxygen atoms in total. The first-order valence-electron chi connectivity index (χ1n) is 11.4. The van der Waals surface area contributed by atoms with Crippen molar-refractivity contribution in [2.75, 3.05) is 20.8 Å². The van der Waals surface area contributed by atoms with E-state index in [0.29, 0.717) is 32.1 Å². The SMILES string of the molecule is CCOC(=O)C1=C(C)N=c2s/c(=C\c3c[nH]c4ccccc34)c(=O)n2[C@@H]1c1cc(OC)ccc1OC. The van der Waals surface area contributed by atoms with Gasteiger partial charge in [0.05, 0.1) is 36.6 Å². The zero-order valence-electron chi connectivity index (χ0n) is 20.3. The van der Waals surface area contributed by atoms with Gasteiger partial charge >= 0.3 is 5.97 Å². The molecule has 0 saturated carbocycles. The molecule has 1 aliphatic heterocycles. The van der Waals surface area contributed by atoms with Crippen molar-refractivity contribution in [3.63, 3.8) is 0 Å². The number of methoxy groups -OCH3 is 2. The van der Waals surface area contributed by atoms with Crippen LogP contribution in [-0.4, -0.2) is 36.3 Å². The van der Waals surface area contributed by atoms with Gasteiger partial charge in [-0.1, -0.05) is 29.5 Å². The molecule has 0 amide bonds. The lowest BCUT2D eigenvalue weighted by molar-refractivity contribution is -0.139. The predicted molar refractivity (Wildman–Crippen MR) is 138 cm³/mol. The van der Waals surface area contributed by atoms with Gasteiger partial charge in [-0.3, -0.25) is 9.36 Å². The Morgan fingerprint density at radius 2 is 2.00 bits per heavy atom. The Bertz CT molecular complexity index is 1690. The molecule has 0 saturated heterocycles. The number of hydrogen-bond donors (Lipinski definition) is 1. The second kappa shape index (κ2) is 9.50. The maximum absolute atomic E-state index is 13.9. The molecular weight excluding hydrogens is 478 g/mol. The standard InChI is InChI=1S/C27H25N3O5S/c1-5-35-26(32)23-15(2)29-27-30(24(23)19-13-17(33-3)10-11-21(19)34-4)25(31)22(36-27)12-16-14-28-20-9-7-6-8-18(16)20/h6-14,24,28H,5H2,1-4H3/b22-12-/t24-/m1/s1. The zero-order valence-corrected chi connectivity index (χ0v) is 21.1. The first-order chi connectivity index (χ1) is 17.5. The Kier molecular flexibility index (Phi) is 6.24. The minimum Gasteiger partial charge on any atom is -0.497 e. The van der Waals surface area contributed by atoms with E-state index in [0.717, 1.165) is 16.5 Å². The molecule has 1 aliphatic rings. The van der Waals surface area contributed by atoms with Crippen LogP contribution < -0.4 is 24.4 Å². The number of hydrogen-bond acceptors (Lipinski definition) is 7. The van der Waals surface area contributed by atoms with Crippen LogP contribution in [0, 0.1) is 0 Å². The van der Waals surface area contributed by atoms with Crippen LogP contribution >= 0.6 is 11.3 Å². The first-order valence-corrected chi connectivity index (χ1v) is 12.3. The lowest BCUT2D eigenvalue weighted by atomic mass is 9.94. The maximum Gasteiger partial charge on any atom is 0.338 e. The summed E-state index contributed by atoms with van der Waals surface area (Å²) in [5.41, 5.74) is 3.00. The molecule has 0 fully saturated rings. The average molecular weight is 504 g/mol. The number of para-hydroxylation sites is 1. The molecule has 9 heteroatoms. The number of thiazole rings is 1. The van der Waals surface area contributed by atoms with E-state index in [4.69, 9.17) is 14.2 Å². The fraction of sp³-hybridized carbons (Fsp3) is 0.222. The highest BCUT2D eigenvalue weighted by atomic mass is 32.1. The van der Waals surface area contributed by atoms with Crippen LogP contribution in [0.5, 0.6) is 11.5 Å².